The molecule has 3 aromatic rings. The van der Waals surface area contributed by atoms with E-state index in [0.717, 1.165) is 16.5 Å². The van der Waals surface area contributed by atoms with Crippen LogP contribution in [0.5, 0.6) is 0 Å². The lowest BCUT2D eigenvalue weighted by atomic mass is 10.1. The lowest BCUT2D eigenvalue weighted by Gasteiger charge is -2.11. The van der Waals surface area contributed by atoms with Crippen molar-refractivity contribution in [2.75, 3.05) is 13.6 Å². The van der Waals surface area contributed by atoms with Gasteiger partial charge in [-0.05, 0) is 31.5 Å². The summed E-state index contributed by atoms with van der Waals surface area (Å²) in [5.74, 6) is 0.973. The molecule has 1 amide bonds. The molecule has 1 unspecified atom stereocenters. The van der Waals surface area contributed by atoms with Gasteiger partial charge in [-0.3, -0.25) is 4.79 Å². The standard InChI is InChI=1S/C18H20N2O2S2.ClH/c1-12(19-2)10-20-18(21)17-14(11-24-16-8-5-9-23-16)13-6-3-4-7-15(13)22-17;/h3-9,12,19H,10-11H2,1-2H3,(H,20,21);1H. The fraction of sp³-hybridized carbons (Fsp3) is 0.278. The molecule has 1 atom stereocenters. The number of carbonyl (C=O) groups is 1. The van der Waals surface area contributed by atoms with Gasteiger partial charge >= 0.3 is 0 Å². The molecular formula is C18H21ClN2O2S2. The summed E-state index contributed by atoms with van der Waals surface area (Å²) in [5.41, 5.74) is 1.71. The topological polar surface area (TPSA) is 54.3 Å². The van der Waals surface area contributed by atoms with E-state index in [4.69, 9.17) is 4.42 Å². The number of amides is 1. The van der Waals surface area contributed by atoms with Crippen molar-refractivity contribution < 1.29 is 9.21 Å². The van der Waals surface area contributed by atoms with Crippen molar-refractivity contribution in [3.63, 3.8) is 0 Å². The van der Waals surface area contributed by atoms with E-state index >= 15 is 0 Å². The Hall–Kier alpha value is -1.47. The molecule has 0 bridgehead atoms. The number of rotatable bonds is 7. The molecule has 7 heteroatoms. The van der Waals surface area contributed by atoms with Crippen molar-refractivity contribution in [1.82, 2.24) is 10.6 Å². The van der Waals surface area contributed by atoms with Gasteiger partial charge in [-0.25, -0.2) is 0 Å². The highest BCUT2D eigenvalue weighted by Gasteiger charge is 2.20. The minimum Gasteiger partial charge on any atom is -0.451 e. The molecule has 2 heterocycles. The number of thiophene rings is 1. The first-order valence-electron chi connectivity index (χ1n) is 7.81. The minimum atomic E-state index is -0.157. The second-order valence-electron chi connectivity index (χ2n) is 5.53. The summed E-state index contributed by atoms with van der Waals surface area (Å²) < 4.78 is 7.09. The van der Waals surface area contributed by atoms with Crippen LogP contribution in [0.15, 0.2) is 50.4 Å². The maximum Gasteiger partial charge on any atom is 0.287 e. The molecule has 2 aromatic heterocycles. The van der Waals surface area contributed by atoms with Crippen molar-refractivity contribution >= 4 is 52.4 Å². The summed E-state index contributed by atoms with van der Waals surface area (Å²) >= 11 is 3.43. The average Bonchev–Trinajstić information content (AvgIpc) is 3.24. The minimum absolute atomic E-state index is 0. The van der Waals surface area contributed by atoms with Gasteiger partial charge in [-0.1, -0.05) is 24.3 Å². The van der Waals surface area contributed by atoms with E-state index in [2.05, 4.69) is 22.1 Å². The first kappa shape index (κ1) is 19.8. The van der Waals surface area contributed by atoms with Crippen molar-refractivity contribution in [1.29, 1.82) is 0 Å². The summed E-state index contributed by atoms with van der Waals surface area (Å²) in [6.45, 7) is 2.58. The van der Waals surface area contributed by atoms with Gasteiger partial charge in [0.15, 0.2) is 5.76 Å². The van der Waals surface area contributed by atoms with E-state index in [1.54, 1.807) is 23.1 Å². The van der Waals surface area contributed by atoms with Gasteiger partial charge < -0.3 is 15.1 Å². The first-order chi connectivity index (χ1) is 11.7. The monoisotopic (exact) mass is 396 g/mol. The maximum atomic E-state index is 12.6. The van der Waals surface area contributed by atoms with Crippen LogP contribution < -0.4 is 10.6 Å². The van der Waals surface area contributed by atoms with Gasteiger partial charge in [0.05, 0.1) is 4.21 Å². The molecule has 0 saturated carbocycles. The van der Waals surface area contributed by atoms with Gasteiger partial charge in [-0.15, -0.1) is 35.5 Å². The fourth-order valence-corrected chi connectivity index (χ4v) is 4.15. The second kappa shape index (κ2) is 9.29. The summed E-state index contributed by atoms with van der Waals surface area (Å²) in [7, 11) is 1.88. The SMILES string of the molecule is CNC(C)CNC(=O)c1oc2ccccc2c1CSc1cccs1.Cl. The van der Waals surface area contributed by atoms with Gasteiger partial charge in [0.25, 0.3) is 5.91 Å². The van der Waals surface area contributed by atoms with Crippen LogP contribution in [-0.4, -0.2) is 25.5 Å². The zero-order chi connectivity index (χ0) is 16.9. The molecule has 0 saturated heterocycles. The lowest BCUT2D eigenvalue weighted by Crippen LogP contribution is -2.37. The Morgan fingerprint density at radius 1 is 1.28 bits per heavy atom. The van der Waals surface area contributed by atoms with Crippen molar-refractivity contribution in [2.45, 2.75) is 22.9 Å². The molecule has 3 rings (SSSR count). The Kier molecular flexibility index (Phi) is 7.38. The van der Waals surface area contributed by atoms with Gasteiger partial charge in [0.2, 0.25) is 0 Å². The third-order valence-electron chi connectivity index (χ3n) is 3.82. The van der Waals surface area contributed by atoms with Crippen LogP contribution in [0.3, 0.4) is 0 Å². The molecular weight excluding hydrogens is 376 g/mol. The predicted octanol–water partition coefficient (Wildman–Crippen LogP) is 4.55. The molecule has 0 spiro atoms. The fourth-order valence-electron chi connectivity index (χ4n) is 2.34. The number of carbonyl (C=O) groups excluding carboxylic acids is 1. The predicted molar refractivity (Wildman–Crippen MR) is 108 cm³/mol. The summed E-state index contributed by atoms with van der Waals surface area (Å²) in [6, 6.07) is 12.1. The highest BCUT2D eigenvalue weighted by molar-refractivity contribution is 8.00. The van der Waals surface area contributed by atoms with E-state index in [1.807, 2.05) is 44.3 Å². The smallest absolute Gasteiger partial charge is 0.287 e. The number of halogens is 1. The van der Waals surface area contributed by atoms with E-state index in [1.165, 1.54) is 4.21 Å². The van der Waals surface area contributed by atoms with Crippen LogP contribution in [0.4, 0.5) is 0 Å². The molecule has 0 aliphatic rings. The number of benzene rings is 1. The van der Waals surface area contributed by atoms with E-state index < -0.39 is 0 Å². The highest BCUT2D eigenvalue weighted by Crippen LogP contribution is 2.33. The maximum absolute atomic E-state index is 12.6. The Labute approximate surface area is 161 Å². The van der Waals surface area contributed by atoms with Crippen LogP contribution in [0, 0.1) is 0 Å². The quantitative estimate of drug-likeness (QED) is 0.575. The number of likely N-dealkylation sites (N-methyl/N-ethyl adjacent to an activating group) is 1. The van der Waals surface area contributed by atoms with Gasteiger partial charge in [0, 0.05) is 29.3 Å². The zero-order valence-electron chi connectivity index (χ0n) is 14.1. The van der Waals surface area contributed by atoms with Crippen molar-refractivity contribution in [3.8, 4) is 0 Å². The van der Waals surface area contributed by atoms with Crippen LogP contribution in [0.1, 0.15) is 23.0 Å². The average molecular weight is 397 g/mol. The molecule has 0 aliphatic heterocycles. The van der Waals surface area contributed by atoms with Gasteiger partial charge in [0.1, 0.15) is 5.58 Å². The lowest BCUT2D eigenvalue weighted by molar-refractivity contribution is 0.0924. The largest absolute Gasteiger partial charge is 0.451 e. The summed E-state index contributed by atoms with van der Waals surface area (Å²) in [4.78, 5) is 12.6. The third-order valence-corrected chi connectivity index (χ3v) is 5.98. The number of fused-ring (bicyclic) bond motifs is 1. The van der Waals surface area contributed by atoms with Crippen molar-refractivity contribution in [3.05, 3.63) is 53.1 Å². The Balaban J connectivity index is 0.00000225. The van der Waals surface area contributed by atoms with E-state index in [-0.39, 0.29) is 24.4 Å². The Morgan fingerprint density at radius 2 is 2.08 bits per heavy atom. The molecule has 4 nitrogen and oxygen atoms in total. The summed E-state index contributed by atoms with van der Waals surface area (Å²) in [6.07, 6.45) is 0. The number of hydrogen-bond donors (Lipinski definition) is 2. The van der Waals surface area contributed by atoms with Crippen LogP contribution in [0.2, 0.25) is 0 Å². The number of hydrogen-bond acceptors (Lipinski definition) is 5. The molecule has 1 aromatic carbocycles. The molecule has 134 valence electrons. The number of para-hydroxylation sites is 1. The zero-order valence-corrected chi connectivity index (χ0v) is 16.5. The normalized spacial score (nSPS) is 11.9. The van der Waals surface area contributed by atoms with Crippen molar-refractivity contribution in [2.24, 2.45) is 0 Å². The Morgan fingerprint density at radius 3 is 2.80 bits per heavy atom. The highest BCUT2D eigenvalue weighted by atomic mass is 35.5. The third kappa shape index (κ3) is 4.79. The molecule has 0 fully saturated rings. The molecule has 2 N–H and O–H groups in total. The van der Waals surface area contributed by atoms with Crippen LogP contribution >= 0.6 is 35.5 Å². The van der Waals surface area contributed by atoms with Crippen LogP contribution in [-0.2, 0) is 5.75 Å². The number of furan rings is 1. The number of nitrogens with one attached hydrogen (secondary N) is 2. The summed E-state index contributed by atoms with van der Waals surface area (Å²) in [5, 5.41) is 9.12. The van der Waals surface area contributed by atoms with E-state index in [0.29, 0.717) is 18.1 Å². The Bertz CT molecular complexity index is 818. The van der Waals surface area contributed by atoms with E-state index in [9.17, 15) is 4.79 Å². The second-order valence-corrected chi connectivity index (χ2v) is 7.75. The molecule has 25 heavy (non-hydrogen) atoms. The number of thioether (sulfide) groups is 1. The van der Waals surface area contributed by atoms with Gasteiger partial charge in [-0.2, -0.15) is 0 Å². The molecule has 0 radical (unpaired) electrons. The molecule has 0 aliphatic carbocycles. The first-order valence-corrected chi connectivity index (χ1v) is 9.67. The van der Waals surface area contributed by atoms with Crippen LogP contribution in [0.25, 0.3) is 11.0 Å².